The molecule has 1 N–H and O–H groups in total. The van der Waals surface area contributed by atoms with Crippen LogP contribution in [0.5, 0.6) is 5.88 Å². The van der Waals surface area contributed by atoms with Gasteiger partial charge in [0.2, 0.25) is 5.88 Å². The van der Waals surface area contributed by atoms with Crippen molar-refractivity contribution in [1.29, 1.82) is 0 Å². The third-order valence-electron chi connectivity index (χ3n) is 3.39. The molecule has 0 fully saturated rings. The highest BCUT2D eigenvalue weighted by molar-refractivity contribution is 5.94. The van der Waals surface area contributed by atoms with Crippen molar-refractivity contribution in [2.75, 3.05) is 7.11 Å². The van der Waals surface area contributed by atoms with Crippen LogP contribution in [0, 0.1) is 0 Å². The minimum atomic E-state index is -0.127. The number of nitrogens with zero attached hydrogens (tertiary/aromatic N) is 3. The molecular weight excluding hydrogens is 292 g/mol. The lowest BCUT2D eigenvalue weighted by Crippen LogP contribution is -2.22. The summed E-state index contributed by atoms with van der Waals surface area (Å²) in [6.45, 7) is 0.416. The Labute approximate surface area is 133 Å². The van der Waals surface area contributed by atoms with Gasteiger partial charge in [-0.1, -0.05) is 6.07 Å². The minimum Gasteiger partial charge on any atom is -0.481 e. The van der Waals surface area contributed by atoms with Gasteiger partial charge in [0.1, 0.15) is 0 Å². The molecule has 0 unspecified atom stereocenters. The van der Waals surface area contributed by atoms with Gasteiger partial charge in [0.25, 0.3) is 5.91 Å². The maximum atomic E-state index is 12.2. The van der Waals surface area contributed by atoms with E-state index in [1.165, 1.54) is 0 Å². The summed E-state index contributed by atoms with van der Waals surface area (Å²) < 4.78 is 6.88. The first-order chi connectivity index (χ1) is 11.3. The van der Waals surface area contributed by atoms with Crippen LogP contribution in [0.1, 0.15) is 15.9 Å². The molecule has 116 valence electrons. The summed E-state index contributed by atoms with van der Waals surface area (Å²) in [5.74, 6) is 0.424. The van der Waals surface area contributed by atoms with E-state index in [1.54, 1.807) is 44.0 Å². The van der Waals surface area contributed by atoms with E-state index in [4.69, 9.17) is 4.74 Å². The second kappa shape index (κ2) is 6.74. The maximum absolute atomic E-state index is 12.2. The zero-order valence-corrected chi connectivity index (χ0v) is 12.6. The Hall–Kier alpha value is -3.15. The molecule has 3 aromatic rings. The highest BCUT2D eigenvalue weighted by Crippen LogP contribution is 2.10. The molecule has 23 heavy (non-hydrogen) atoms. The second-order valence-electron chi connectivity index (χ2n) is 4.91. The van der Waals surface area contributed by atoms with Crippen LogP contribution in [0.3, 0.4) is 0 Å². The van der Waals surface area contributed by atoms with E-state index in [1.807, 2.05) is 29.0 Å². The standard InChI is InChI=1S/C17H16N4O2/c1-23-16-7-2-13(10-19-16)11-20-17(22)14-3-5-15(6-4-14)21-9-8-18-12-21/h2-10,12H,11H2,1H3,(H,20,22). The number of benzene rings is 1. The lowest BCUT2D eigenvalue weighted by Gasteiger charge is -2.07. The molecule has 6 heteroatoms. The second-order valence-corrected chi connectivity index (χ2v) is 4.91. The van der Waals surface area contributed by atoms with Crippen LogP contribution in [0.4, 0.5) is 0 Å². The summed E-state index contributed by atoms with van der Waals surface area (Å²) in [7, 11) is 1.57. The molecule has 0 bridgehead atoms. The lowest BCUT2D eigenvalue weighted by molar-refractivity contribution is 0.0951. The van der Waals surface area contributed by atoms with E-state index < -0.39 is 0 Å². The van der Waals surface area contributed by atoms with E-state index in [-0.39, 0.29) is 5.91 Å². The Morgan fingerprint density at radius 3 is 2.65 bits per heavy atom. The molecule has 0 aliphatic rings. The van der Waals surface area contributed by atoms with Gasteiger partial charge in [0, 0.05) is 42.5 Å². The molecule has 6 nitrogen and oxygen atoms in total. The van der Waals surface area contributed by atoms with E-state index in [9.17, 15) is 4.79 Å². The number of ether oxygens (including phenoxy) is 1. The van der Waals surface area contributed by atoms with Gasteiger partial charge in [0.15, 0.2) is 0 Å². The van der Waals surface area contributed by atoms with Crippen molar-refractivity contribution in [3.63, 3.8) is 0 Å². The Bertz CT molecular complexity index is 765. The number of amides is 1. The molecule has 0 atom stereocenters. The van der Waals surface area contributed by atoms with Crippen LogP contribution in [-0.4, -0.2) is 27.6 Å². The highest BCUT2D eigenvalue weighted by Gasteiger charge is 2.06. The van der Waals surface area contributed by atoms with Crippen molar-refractivity contribution < 1.29 is 9.53 Å². The summed E-state index contributed by atoms with van der Waals surface area (Å²) >= 11 is 0. The summed E-state index contributed by atoms with van der Waals surface area (Å²) in [6, 6.07) is 11.0. The molecule has 0 spiro atoms. The molecule has 1 aromatic carbocycles. The molecular formula is C17H16N4O2. The Balaban J connectivity index is 1.61. The normalized spacial score (nSPS) is 10.3. The van der Waals surface area contributed by atoms with Gasteiger partial charge in [0.05, 0.1) is 13.4 Å². The Kier molecular flexibility index (Phi) is 4.33. The molecule has 0 radical (unpaired) electrons. The first-order valence-electron chi connectivity index (χ1n) is 7.12. The molecule has 2 heterocycles. The van der Waals surface area contributed by atoms with Crippen LogP contribution in [0.2, 0.25) is 0 Å². The average molecular weight is 308 g/mol. The van der Waals surface area contributed by atoms with Gasteiger partial charge >= 0.3 is 0 Å². The third-order valence-corrected chi connectivity index (χ3v) is 3.39. The van der Waals surface area contributed by atoms with Crippen molar-refractivity contribution in [1.82, 2.24) is 19.9 Å². The van der Waals surface area contributed by atoms with Gasteiger partial charge in [-0.15, -0.1) is 0 Å². The van der Waals surface area contributed by atoms with Crippen LogP contribution >= 0.6 is 0 Å². The average Bonchev–Trinajstić information content (AvgIpc) is 3.15. The number of hydrogen-bond acceptors (Lipinski definition) is 4. The maximum Gasteiger partial charge on any atom is 0.251 e. The van der Waals surface area contributed by atoms with Gasteiger partial charge in [-0.3, -0.25) is 4.79 Å². The van der Waals surface area contributed by atoms with Gasteiger partial charge in [-0.25, -0.2) is 9.97 Å². The fraction of sp³-hybridized carbons (Fsp3) is 0.118. The fourth-order valence-corrected chi connectivity index (χ4v) is 2.12. The van der Waals surface area contributed by atoms with Crippen molar-refractivity contribution in [3.8, 4) is 11.6 Å². The van der Waals surface area contributed by atoms with E-state index in [0.29, 0.717) is 18.0 Å². The highest BCUT2D eigenvalue weighted by atomic mass is 16.5. The number of imidazole rings is 1. The molecule has 0 saturated heterocycles. The number of nitrogens with one attached hydrogen (secondary N) is 1. The Morgan fingerprint density at radius 1 is 1.22 bits per heavy atom. The number of carbonyl (C=O) groups is 1. The third kappa shape index (κ3) is 3.55. The SMILES string of the molecule is COc1ccc(CNC(=O)c2ccc(-n3ccnc3)cc2)cn1. The van der Waals surface area contributed by atoms with Crippen molar-refractivity contribution in [2.24, 2.45) is 0 Å². The molecule has 0 aliphatic carbocycles. The monoisotopic (exact) mass is 308 g/mol. The quantitative estimate of drug-likeness (QED) is 0.784. The first kappa shape index (κ1) is 14.8. The van der Waals surface area contributed by atoms with Crippen LogP contribution in [0.25, 0.3) is 5.69 Å². The summed E-state index contributed by atoms with van der Waals surface area (Å²) in [5.41, 5.74) is 2.47. The van der Waals surface area contributed by atoms with Crippen molar-refractivity contribution in [2.45, 2.75) is 6.54 Å². The number of rotatable bonds is 5. The number of carbonyl (C=O) groups excluding carboxylic acids is 1. The molecule has 0 aliphatic heterocycles. The molecule has 1 amide bonds. The van der Waals surface area contributed by atoms with Gasteiger partial charge in [-0.05, 0) is 29.8 Å². The summed E-state index contributed by atoms with van der Waals surface area (Å²) in [6.07, 6.45) is 6.96. The van der Waals surface area contributed by atoms with Crippen LogP contribution in [0.15, 0.2) is 61.3 Å². The predicted octanol–water partition coefficient (Wildman–Crippen LogP) is 2.21. The predicted molar refractivity (Wildman–Crippen MR) is 85.5 cm³/mol. The van der Waals surface area contributed by atoms with Crippen LogP contribution < -0.4 is 10.1 Å². The topological polar surface area (TPSA) is 69.0 Å². The van der Waals surface area contributed by atoms with Crippen molar-refractivity contribution in [3.05, 3.63) is 72.4 Å². The Morgan fingerprint density at radius 2 is 2.04 bits per heavy atom. The number of pyridine rings is 1. The zero-order chi connectivity index (χ0) is 16.1. The number of hydrogen-bond donors (Lipinski definition) is 1. The number of methoxy groups -OCH3 is 1. The minimum absolute atomic E-state index is 0.127. The summed E-state index contributed by atoms with van der Waals surface area (Å²) in [5, 5.41) is 2.87. The number of aromatic nitrogens is 3. The first-order valence-corrected chi connectivity index (χ1v) is 7.12. The van der Waals surface area contributed by atoms with E-state index >= 15 is 0 Å². The van der Waals surface area contributed by atoms with E-state index in [2.05, 4.69) is 15.3 Å². The van der Waals surface area contributed by atoms with Gasteiger partial charge < -0.3 is 14.6 Å². The zero-order valence-electron chi connectivity index (χ0n) is 12.6. The molecule has 2 aromatic heterocycles. The molecule has 0 saturated carbocycles. The molecule has 3 rings (SSSR count). The smallest absolute Gasteiger partial charge is 0.251 e. The largest absolute Gasteiger partial charge is 0.481 e. The van der Waals surface area contributed by atoms with E-state index in [0.717, 1.165) is 11.3 Å². The fourth-order valence-electron chi connectivity index (χ4n) is 2.12. The summed E-state index contributed by atoms with van der Waals surface area (Å²) in [4.78, 5) is 20.3. The lowest BCUT2D eigenvalue weighted by atomic mass is 10.2. The van der Waals surface area contributed by atoms with Crippen LogP contribution in [-0.2, 0) is 6.54 Å². The van der Waals surface area contributed by atoms with Crippen molar-refractivity contribution >= 4 is 5.91 Å². The van der Waals surface area contributed by atoms with Gasteiger partial charge in [-0.2, -0.15) is 0 Å².